The quantitative estimate of drug-likeness (QED) is 0.706. The van der Waals surface area contributed by atoms with Gasteiger partial charge < -0.3 is 15.7 Å². The van der Waals surface area contributed by atoms with Gasteiger partial charge in [0.25, 0.3) is 5.91 Å². The number of carbonyl (C=O) groups is 1. The Morgan fingerprint density at radius 1 is 1.56 bits per heavy atom. The molecule has 1 rings (SSSR count). The van der Waals surface area contributed by atoms with Crippen molar-refractivity contribution in [2.75, 3.05) is 25.0 Å². The Morgan fingerprint density at radius 3 is 2.89 bits per heavy atom. The first-order chi connectivity index (χ1) is 8.48. The molecule has 0 bridgehead atoms. The average molecular weight is 271 g/mol. The van der Waals surface area contributed by atoms with Crippen LogP contribution in [0.5, 0.6) is 0 Å². The van der Waals surface area contributed by atoms with Crippen LogP contribution in [-0.2, 0) is 0 Å². The molecule has 0 spiro atoms. The molecule has 0 saturated carbocycles. The van der Waals surface area contributed by atoms with Gasteiger partial charge in [-0.2, -0.15) is 0 Å². The largest absolute Gasteiger partial charge is 0.396 e. The van der Waals surface area contributed by atoms with Crippen LogP contribution in [0.3, 0.4) is 0 Å². The number of thiazole rings is 1. The van der Waals surface area contributed by atoms with Crippen LogP contribution in [0.1, 0.15) is 37.7 Å². The van der Waals surface area contributed by atoms with E-state index in [9.17, 15) is 4.79 Å². The third kappa shape index (κ3) is 4.62. The van der Waals surface area contributed by atoms with Crippen LogP contribution in [0.15, 0.2) is 5.38 Å². The highest BCUT2D eigenvalue weighted by molar-refractivity contribution is 7.13. The van der Waals surface area contributed by atoms with E-state index in [-0.39, 0.29) is 17.9 Å². The number of aliphatic hydroxyl groups is 1. The van der Waals surface area contributed by atoms with Gasteiger partial charge in [-0.05, 0) is 18.8 Å². The summed E-state index contributed by atoms with van der Waals surface area (Å²) in [4.78, 5) is 16.0. The van der Waals surface area contributed by atoms with Gasteiger partial charge in [-0.25, -0.2) is 4.98 Å². The molecular weight excluding hydrogens is 250 g/mol. The summed E-state index contributed by atoms with van der Waals surface area (Å²) in [5.41, 5.74) is 0.334. The fraction of sp³-hybridized carbons (Fsp3) is 0.667. The second-order valence-corrected chi connectivity index (χ2v) is 5.75. The zero-order valence-corrected chi connectivity index (χ0v) is 11.9. The second-order valence-electron chi connectivity index (χ2n) is 4.89. The fourth-order valence-corrected chi connectivity index (χ4v) is 2.17. The molecule has 0 aromatic carbocycles. The van der Waals surface area contributed by atoms with Gasteiger partial charge in [0.05, 0.1) is 0 Å². The van der Waals surface area contributed by atoms with Crippen molar-refractivity contribution >= 4 is 22.4 Å². The van der Waals surface area contributed by atoms with Crippen molar-refractivity contribution in [3.8, 4) is 0 Å². The number of aliphatic hydroxyl groups excluding tert-OH is 1. The van der Waals surface area contributed by atoms with E-state index in [1.54, 1.807) is 5.38 Å². The average Bonchev–Trinajstić information content (AvgIpc) is 2.75. The van der Waals surface area contributed by atoms with Crippen LogP contribution >= 0.6 is 11.3 Å². The molecule has 1 aromatic heterocycles. The minimum Gasteiger partial charge on any atom is -0.396 e. The first-order valence-electron chi connectivity index (χ1n) is 6.07. The molecule has 102 valence electrons. The van der Waals surface area contributed by atoms with Crippen molar-refractivity contribution in [2.45, 2.75) is 27.2 Å². The van der Waals surface area contributed by atoms with E-state index in [4.69, 9.17) is 5.11 Å². The van der Waals surface area contributed by atoms with Gasteiger partial charge in [0.2, 0.25) is 0 Å². The highest BCUT2D eigenvalue weighted by Crippen LogP contribution is 2.19. The topological polar surface area (TPSA) is 74.2 Å². The zero-order chi connectivity index (χ0) is 13.6. The maximum atomic E-state index is 11.9. The van der Waals surface area contributed by atoms with E-state index in [0.717, 1.165) is 11.7 Å². The smallest absolute Gasteiger partial charge is 0.270 e. The molecule has 0 aliphatic heterocycles. The lowest BCUT2D eigenvalue weighted by molar-refractivity contribution is 0.0924. The summed E-state index contributed by atoms with van der Waals surface area (Å²) in [6.45, 7) is 7.45. The first-order valence-corrected chi connectivity index (χ1v) is 6.95. The van der Waals surface area contributed by atoms with Crippen molar-refractivity contribution in [3.05, 3.63) is 11.1 Å². The lowest BCUT2D eigenvalue weighted by Gasteiger charge is -2.23. The van der Waals surface area contributed by atoms with Gasteiger partial charge in [-0.1, -0.05) is 13.8 Å². The molecule has 6 heteroatoms. The highest BCUT2D eigenvalue weighted by Gasteiger charge is 2.19. The standard InChI is InChI=1S/C12H21N3O2S/c1-4-13-11-15-9(7-18-11)10(17)14-8-12(2,3)5-6-16/h7,16H,4-6,8H2,1-3H3,(H,13,15)(H,14,17). The molecule has 18 heavy (non-hydrogen) atoms. The number of nitrogens with one attached hydrogen (secondary N) is 2. The van der Waals surface area contributed by atoms with E-state index in [2.05, 4.69) is 15.6 Å². The van der Waals surface area contributed by atoms with Gasteiger partial charge in [-0.15, -0.1) is 11.3 Å². The monoisotopic (exact) mass is 271 g/mol. The minimum absolute atomic E-state index is 0.106. The van der Waals surface area contributed by atoms with Crippen molar-refractivity contribution in [1.82, 2.24) is 10.3 Å². The number of hydrogen-bond acceptors (Lipinski definition) is 5. The normalized spacial score (nSPS) is 11.3. The molecule has 3 N–H and O–H groups in total. The summed E-state index contributed by atoms with van der Waals surface area (Å²) in [5.74, 6) is -0.165. The Kier molecular flexibility index (Phi) is 5.55. The molecule has 1 heterocycles. The molecule has 0 aliphatic rings. The van der Waals surface area contributed by atoms with Crippen molar-refractivity contribution in [2.24, 2.45) is 5.41 Å². The summed E-state index contributed by atoms with van der Waals surface area (Å²) >= 11 is 1.42. The number of aromatic nitrogens is 1. The molecule has 0 fully saturated rings. The lowest BCUT2D eigenvalue weighted by Crippen LogP contribution is -2.34. The summed E-state index contributed by atoms with van der Waals surface area (Å²) in [6, 6.07) is 0. The van der Waals surface area contributed by atoms with Crippen molar-refractivity contribution in [3.63, 3.8) is 0 Å². The predicted octanol–water partition coefficient (Wildman–Crippen LogP) is 1.71. The van der Waals surface area contributed by atoms with Crippen molar-refractivity contribution in [1.29, 1.82) is 0 Å². The van der Waals surface area contributed by atoms with Crippen LogP contribution in [0.25, 0.3) is 0 Å². The number of anilines is 1. The first kappa shape index (κ1) is 14.9. The van der Waals surface area contributed by atoms with Gasteiger partial charge >= 0.3 is 0 Å². The predicted molar refractivity (Wildman–Crippen MR) is 74.1 cm³/mol. The molecule has 0 radical (unpaired) electrons. The molecular formula is C12H21N3O2S. The summed E-state index contributed by atoms with van der Waals surface area (Å²) in [6.07, 6.45) is 0.660. The van der Waals surface area contributed by atoms with Gasteiger partial charge in [0, 0.05) is 25.1 Å². The van der Waals surface area contributed by atoms with Gasteiger partial charge in [0.15, 0.2) is 5.13 Å². The van der Waals surface area contributed by atoms with E-state index in [1.807, 2.05) is 20.8 Å². The molecule has 0 aliphatic carbocycles. The van der Waals surface area contributed by atoms with Crippen molar-refractivity contribution < 1.29 is 9.90 Å². The Morgan fingerprint density at radius 2 is 2.28 bits per heavy atom. The molecule has 0 atom stereocenters. The fourth-order valence-electron chi connectivity index (χ4n) is 1.41. The number of amides is 1. The van der Waals surface area contributed by atoms with E-state index in [1.165, 1.54) is 11.3 Å². The Labute approximate surface area is 112 Å². The van der Waals surface area contributed by atoms with E-state index < -0.39 is 0 Å². The van der Waals surface area contributed by atoms with Gasteiger partial charge in [-0.3, -0.25) is 4.79 Å². The minimum atomic E-state index is -0.165. The Balaban J connectivity index is 2.49. The number of hydrogen-bond donors (Lipinski definition) is 3. The molecule has 1 amide bonds. The number of nitrogens with zero attached hydrogens (tertiary/aromatic N) is 1. The maximum Gasteiger partial charge on any atom is 0.270 e. The highest BCUT2D eigenvalue weighted by atomic mass is 32.1. The SMILES string of the molecule is CCNc1nc(C(=O)NCC(C)(C)CCO)cs1. The van der Waals surface area contributed by atoms with Crippen LogP contribution in [0, 0.1) is 5.41 Å². The number of carbonyl (C=O) groups excluding carboxylic acids is 1. The molecule has 5 nitrogen and oxygen atoms in total. The maximum absolute atomic E-state index is 11.9. The van der Waals surface area contributed by atoms with E-state index in [0.29, 0.717) is 18.7 Å². The third-order valence-corrected chi connectivity index (χ3v) is 3.38. The Bertz CT molecular complexity index is 390. The van der Waals surface area contributed by atoms with Gasteiger partial charge in [0.1, 0.15) is 5.69 Å². The molecule has 0 unspecified atom stereocenters. The van der Waals surface area contributed by atoms with Crippen LogP contribution in [0.2, 0.25) is 0 Å². The lowest BCUT2D eigenvalue weighted by atomic mass is 9.90. The summed E-state index contributed by atoms with van der Waals surface area (Å²) in [5, 5.41) is 17.3. The third-order valence-electron chi connectivity index (χ3n) is 2.58. The van der Waals surface area contributed by atoms with Crippen LogP contribution < -0.4 is 10.6 Å². The van der Waals surface area contributed by atoms with E-state index >= 15 is 0 Å². The Hall–Kier alpha value is -1.14. The number of rotatable bonds is 7. The summed E-state index contributed by atoms with van der Waals surface area (Å²) < 4.78 is 0. The second kappa shape index (κ2) is 6.70. The zero-order valence-electron chi connectivity index (χ0n) is 11.1. The molecule has 1 aromatic rings. The van der Waals surface area contributed by atoms with Crippen LogP contribution in [0.4, 0.5) is 5.13 Å². The molecule has 0 saturated heterocycles. The summed E-state index contributed by atoms with van der Waals surface area (Å²) in [7, 11) is 0. The van der Waals surface area contributed by atoms with Crippen LogP contribution in [-0.4, -0.2) is 35.7 Å².